The maximum atomic E-state index is 11.9. The van der Waals surface area contributed by atoms with Crippen molar-refractivity contribution in [1.82, 2.24) is 10.2 Å². The molecule has 1 heterocycles. The van der Waals surface area contributed by atoms with Gasteiger partial charge in [0, 0.05) is 13.1 Å². The number of rotatable bonds is 2. The number of amides is 2. The molecule has 0 bridgehead atoms. The zero-order valence-corrected chi connectivity index (χ0v) is 11.7. The number of carbonyl (C=O) groups excluding carboxylic acids is 2. The van der Waals surface area contributed by atoms with Gasteiger partial charge >= 0.3 is 11.8 Å². The number of thiocarbonyl (C=S) groups is 1. The highest BCUT2D eigenvalue weighted by molar-refractivity contribution is 7.80. The van der Waals surface area contributed by atoms with E-state index in [0.717, 1.165) is 0 Å². The van der Waals surface area contributed by atoms with Gasteiger partial charge in [0.25, 0.3) is 0 Å². The molecular weight excluding hydrogens is 254 g/mol. The Morgan fingerprint density at radius 3 is 2.67 bits per heavy atom. The van der Waals surface area contributed by atoms with Crippen molar-refractivity contribution in [2.24, 2.45) is 5.73 Å². The minimum absolute atomic E-state index is 0.0309. The fourth-order valence-electron chi connectivity index (χ4n) is 2.00. The molecule has 18 heavy (non-hydrogen) atoms. The quantitative estimate of drug-likeness (QED) is 0.519. The van der Waals surface area contributed by atoms with Gasteiger partial charge in [-0.2, -0.15) is 0 Å². The Kier molecular flexibility index (Phi) is 4.64. The maximum absolute atomic E-state index is 11.9. The predicted octanol–water partition coefficient (Wildman–Crippen LogP) is -0.585. The first-order valence-electron chi connectivity index (χ1n) is 5.74. The molecule has 7 heteroatoms. The van der Waals surface area contributed by atoms with Crippen molar-refractivity contribution in [2.75, 3.05) is 19.6 Å². The van der Waals surface area contributed by atoms with E-state index in [1.807, 2.05) is 20.8 Å². The Morgan fingerprint density at radius 2 is 2.17 bits per heavy atom. The number of nitrogens with zero attached hydrogens (tertiary/aromatic N) is 1. The highest BCUT2D eigenvalue weighted by Gasteiger charge is 2.35. The minimum Gasteiger partial charge on any atom is -0.392 e. The largest absolute Gasteiger partial charge is 0.392 e. The van der Waals surface area contributed by atoms with Crippen molar-refractivity contribution in [3.8, 4) is 0 Å². The lowest BCUT2D eigenvalue weighted by Crippen LogP contribution is -2.57. The van der Waals surface area contributed by atoms with Crippen molar-refractivity contribution in [2.45, 2.75) is 32.5 Å². The van der Waals surface area contributed by atoms with Crippen LogP contribution >= 0.6 is 12.2 Å². The van der Waals surface area contributed by atoms with Gasteiger partial charge in [0.05, 0.1) is 23.2 Å². The Labute approximate surface area is 112 Å². The number of hydrogen-bond acceptors (Lipinski definition) is 4. The van der Waals surface area contributed by atoms with Gasteiger partial charge in [0.2, 0.25) is 0 Å². The Balaban J connectivity index is 2.60. The molecule has 0 aromatic rings. The molecule has 1 aliphatic heterocycles. The van der Waals surface area contributed by atoms with E-state index in [9.17, 15) is 9.59 Å². The molecule has 2 amide bonds. The highest BCUT2D eigenvalue weighted by Crippen LogP contribution is 2.20. The first kappa shape index (κ1) is 14.8. The monoisotopic (exact) mass is 273 g/mol. The zero-order valence-electron chi connectivity index (χ0n) is 10.9. The highest BCUT2D eigenvalue weighted by atomic mass is 32.1. The van der Waals surface area contributed by atoms with Crippen molar-refractivity contribution >= 4 is 29.0 Å². The third-order valence-corrected chi connectivity index (χ3v) is 2.62. The summed E-state index contributed by atoms with van der Waals surface area (Å²) in [5.41, 5.74) is 4.81. The summed E-state index contributed by atoms with van der Waals surface area (Å²) in [5.74, 6) is -1.26. The third-order valence-electron chi connectivity index (χ3n) is 2.47. The number of nitrogens with two attached hydrogens (primary N) is 1. The first-order chi connectivity index (χ1) is 8.21. The number of nitrogens with one attached hydrogen (secondary N) is 1. The van der Waals surface area contributed by atoms with Crippen LogP contribution in [0.25, 0.3) is 0 Å². The van der Waals surface area contributed by atoms with E-state index in [2.05, 4.69) is 17.5 Å². The van der Waals surface area contributed by atoms with Gasteiger partial charge in [-0.1, -0.05) is 12.2 Å². The second-order valence-electron chi connectivity index (χ2n) is 5.02. The van der Waals surface area contributed by atoms with Crippen LogP contribution in [0.1, 0.15) is 20.8 Å². The topological polar surface area (TPSA) is 84.7 Å². The number of morpholine rings is 1. The summed E-state index contributed by atoms with van der Waals surface area (Å²) in [7, 11) is 0. The first-order valence-corrected chi connectivity index (χ1v) is 6.15. The van der Waals surface area contributed by atoms with Crippen molar-refractivity contribution in [1.29, 1.82) is 0 Å². The lowest BCUT2D eigenvalue weighted by atomic mass is 10.1. The number of hydrogen-bond donors (Lipinski definition) is 2. The second kappa shape index (κ2) is 5.62. The molecule has 1 unspecified atom stereocenters. The van der Waals surface area contributed by atoms with E-state index in [0.29, 0.717) is 13.1 Å². The standard InChI is InChI=1S/C11H19N3O3S/c1-7-5-14(6-11(2,3)17-7)10(16)9(15)13-4-8(12)18/h7H,4-6H2,1-3H3,(H2,12,18)(H,13,15). The van der Waals surface area contributed by atoms with Crippen LogP contribution < -0.4 is 11.1 Å². The molecule has 102 valence electrons. The van der Waals surface area contributed by atoms with Crippen molar-refractivity contribution < 1.29 is 14.3 Å². The van der Waals surface area contributed by atoms with E-state index in [-0.39, 0.29) is 17.6 Å². The normalized spacial score (nSPS) is 22.4. The van der Waals surface area contributed by atoms with Crippen LogP contribution in [0.15, 0.2) is 0 Å². The molecule has 1 saturated heterocycles. The predicted molar refractivity (Wildman–Crippen MR) is 71.0 cm³/mol. The van der Waals surface area contributed by atoms with Crippen LogP contribution in [-0.2, 0) is 14.3 Å². The average molecular weight is 273 g/mol. The van der Waals surface area contributed by atoms with Crippen molar-refractivity contribution in [3.05, 3.63) is 0 Å². The van der Waals surface area contributed by atoms with Gasteiger partial charge < -0.3 is 20.7 Å². The SMILES string of the molecule is CC1CN(C(=O)C(=O)NCC(N)=S)CC(C)(C)O1. The van der Waals surface area contributed by atoms with Crippen LogP contribution in [0.5, 0.6) is 0 Å². The maximum Gasteiger partial charge on any atom is 0.312 e. The zero-order chi connectivity index (χ0) is 13.9. The van der Waals surface area contributed by atoms with Crippen LogP contribution in [0, 0.1) is 0 Å². The summed E-state index contributed by atoms with van der Waals surface area (Å²) in [6.07, 6.45) is -0.0962. The second-order valence-corrected chi connectivity index (χ2v) is 5.55. The summed E-state index contributed by atoms with van der Waals surface area (Å²) < 4.78 is 5.67. The fourth-order valence-corrected chi connectivity index (χ4v) is 2.07. The molecule has 1 aliphatic rings. The molecule has 0 aromatic carbocycles. The molecule has 1 atom stereocenters. The van der Waals surface area contributed by atoms with Crippen molar-refractivity contribution in [3.63, 3.8) is 0 Å². The van der Waals surface area contributed by atoms with Crippen LogP contribution in [-0.4, -0.2) is 53.0 Å². The van der Waals surface area contributed by atoms with Gasteiger partial charge in [-0.15, -0.1) is 0 Å². The molecule has 0 aliphatic carbocycles. The lowest BCUT2D eigenvalue weighted by Gasteiger charge is -2.41. The average Bonchev–Trinajstić information content (AvgIpc) is 2.21. The van der Waals surface area contributed by atoms with Gasteiger partial charge in [-0.3, -0.25) is 9.59 Å². The molecule has 0 aromatic heterocycles. The molecule has 3 N–H and O–H groups in total. The van der Waals surface area contributed by atoms with Crippen LogP contribution in [0.3, 0.4) is 0 Å². The smallest absolute Gasteiger partial charge is 0.312 e. The number of carbonyl (C=O) groups is 2. The van der Waals surface area contributed by atoms with Gasteiger partial charge in [0.1, 0.15) is 0 Å². The third kappa shape index (κ3) is 4.23. The van der Waals surface area contributed by atoms with Gasteiger partial charge in [-0.25, -0.2) is 0 Å². The van der Waals surface area contributed by atoms with Gasteiger partial charge in [-0.05, 0) is 20.8 Å². The Bertz CT molecular complexity index is 371. The van der Waals surface area contributed by atoms with E-state index >= 15 is 0 Å². The number of ether oxygens (including phenoxy) is 1. The summed E-state index contributed by atoms with van der Waals surface area (Å²) in [6.45, 7) is 6.46. The molecular formula is C11H19N3O3S. The Morgan fingerprint density at radius 1 is 1.56 bits per heavy atom. The summed E-state index contributed by atoms with van der Waals surface area (Å²) in [4.78, 5) is 25.2. The van der Waals surface area contributed by atoms with Gasteiger partial charge in [0.15, 0.2) is 0 Å². The van der Waals surface area contributed by atoms with Crippen LogP contribution in [0.4, 0.5) is 0 Å². The summed E-state index contributed by atoms with van der Waals surface area (Å²) in [6, 6.07) is 0. The summed E-state index contributed by atoms with van der Waals surface area (Å²) in [5, 5.41) is 2.38. The molecule has 6 nitrogen and oxygen atoms in total. The van der Waals surface area contributed by atoms with E-state index in [4.69, 9.17) is 10.5 Å². The molecule has 0 radical (unpaired) electrons. The lowest BCUT2D eigenvalue weighted by molar-refractivity contribution is -0.163. The Hall–Kier alpha value is -1.21. The molecule has 1 fully saturated rings. The molecule has 0 saturated carbocycles. The van der Waals surface area contributed by atoms with E-state index < -0.39 is 17.4 Å². The van der Waals surface area contributed by atoms with E-state index in [1.54, 1.807) is 0 Å². The minimum atomic E-state index is -0.687. The summed E-state index contributed by atoms with van der Waals surface area (Å²) >= 11 is 4.63. The molecule has 1 rings (SSSR count). The van der Waals surface area contributed by atoms with E-state index in [1.165, 1.54) is 4.90 Å². The van der Waals surface area contributed by atoms with Crippen LogP contribution in [0.2, 0.25) is 0 Å². The fraction of sp³-hybridized carbons (Fsp3) is 0.727. The molecule has 0 spiro atoms.